The molecule has 1 amide bonds. The van der Waals surface area contributed by atoms with Gasteiger partial charge in [-0.1, -0.05) is 23.7 Å². The predicted molar refractivity (Wildman–Crippen MR) is 90.9 cm³/mol. The maximum absolute atomic E-state index is 12.7. The first-order valence-corrected chi connectivity index (χ1v) is 7.90. The topological polar surface area (TPSA) is 64.6 Å². The molecule has 0 spiro atoms. The zero-order valence-corrected chi connectivity index (χ0v) is 14.3. The number of halogens is 2. The number of carbonyl (C=O) groups is 2. The average Bonchev–Trinajstić information content (AvgIpc) is 2.60. The fraction of sp³-hybridized carbons (Fsp3) is 0.222. The third-order valence-corrected chi connectivity index (χ3v) is 3.53. The number of ether oxygens (including phenoxy) is 2. The first kappa shape index (κ1) is 18.7. The summed E-state index contributed by atoms with van der Waals surface area (Å²) in [5.41, 5.74) is 0.878. The van der Waals surface area contributed by atoms with Gasteiger partial charge in [-0.05, 0) is 48.9 Å². The molecular weight excluding hydrogens is 349 g/mol. The Morgan fingerprint density at radius 1 is 1.08 bits per heavy atom. The predicted octanol–water partition coefficient (Wildman–Crippen LogP) is 3.28. The molecule has 0 saturated carbocycles. The summed E-state index contributed by atoms with van der Waals surface area (Å²) < 4.78 is 22.7. The highest BCUT2D eigenvalue weighted by Crippen LogP contribution is 2.16. The quantitative estimate of drug-likeness (QED) is 0.765. The lowest BCUT2D eigenvalue weighted by atomic mass is 10.1. The lowest BCUT2D eigenvalue weighted by molar-refractivity contribution is -0.150. The van der Waals surface area contributed by atoms with Gasteiger partial charge >= 0.3 is 5.97 Å². The molecule has 1 N–H and O–H groups in total. The molecule has 1 atom stereocenters. The van der Waals surface area contributed by atoms with Crippen molar-refractivity contribution in [1.29, 1.82) is 0 Å². The molecule has 5 nitrogen and oxygen atoms in total. The van der Waals surface area contributed by atoms with Crippen molar-refractivity contribution in [3.8, 4) is 5.75 Å². The van der Waals surface area contributed by atoms with Crippen molar-refractivity contribution in [3.05, 3.63) is 64.9 Å². The summed E-state index contributed by atoms with van der Waals surface area (Å²) in [5.74, 6) is -1.20. The summed E-state index contributed by atoms with van der Waals surface area (Å²) in [6.07, 6.45) is 0. The summed E-state index contributed by atoms with van der Waals surface area (Å²) in [4.78, 5) is 23.4. The zero-order chi connectivity index (χ0) is 18.2. The first-order valence-electron chi connectivity index (χ1n) is 7.53. The molecule has 0 aliphatic carbocycles. The SMILES string of the molecule is CC(NC(=O)COC(=O)COc1ccc(F)cc1)c1ccc(Cl)cc1. The summed E-state index contributed by atoms with van der Waals surface area (Å²) in [6, 6.07) is 12.0. The Morgan fingerprint density at radius 3 is 2.36 bits per heavy atom. The van der Waals surface area contributed by atoms with Crippen molar-refractivity contribution in [2.24, 2.45) is 0 Å². The minimum Gasteiger partial charge on any atom is -0.482 e. The number of hydrogen-bond acceptors (Lipinski definition) is 4. The molecule has 25 heavy (non-hydrogen) atoms. The van der Waals surface area contributed by atoms with E-state index in [2.05, 4.69) is 5.32 Å². The van der Waals surface area contributed by atoms with Crippen LogP contribution in [0.2, 0.25) is 5.02 Å². The Labute approximate surface area is 149 Å². The number of esters is 1. The van der Waals surface area contributed by atoms with Crippen molar-refractivity contribution in [1.82, 2.24) is 5.32 Å². The van der Waals surface area contributed by atoms with Crippen molar-refractivity contribution in [3.63, 3.8) is 0 Å². The molecule has 0 radical (unpaired) electrons. The van der Waals surface area contributed by atoms with Crippen LogP contribution in [0.5, 0.6) is 5.75 Å². The highest BCUT2D eigenvalue weighted by Gasteiger charge is 2.12. The van der Waals surface area contributed by atoms with Crippen LogP contribution in [0.25, 0.3) is 0 Å². The second kappa shape index (κ2) is 9.03. The Balaban J connectivity index is 1.70. The molecule has 0 bridgehead atoms. The molecule has 7 heteroatoms. The van der Waals surface area contributed by atoms with E-state index in [1.165, 1.54) is 24.3 Å². The van der Waals surface area contributed by atoms with Gasteiger partial charge in [-0.15, -0.1) is 0 Å². The highest BCUT2D eigenvalue weighted by atomic mass is 35.5. The van der Waals surface area contributed by atoms with Gasteiger partial charge in [0, 0.05) is 5.02 Å². The van der Waals surface area contributed by atoms with E-state index in [0.717, 1.165) is 5.56 Å². The molecular formula is C18H17ClFNO4. The minimum atomic E-state index is -0.696. The molecule has 0 heterocycles. The molecule has 132 valence electrons. The lowest BCUT2D eigenvalue weighted by Gasteiger charge is -2.14. The Kier molecular flexibility index (Phi) is 6.77. The van der Waals surface area contributed by atoms with E-state index in [-0.39, 0.29) is 12.6 Å². The van der Waals surface area contributed by atoms with Crippen molar-refractivity contribution >= 4 is 23.5 Å². The monoisotopic (exact) mass is 365 g/mol. The van der Waals surface area contributed by atoms with Gasteiger partial charge in [-0.25, -0.2) is 9.18 Å². The van der Waals surface area contributed by atoms with Crippen molar-refractivity contribution in [2.45, 2.75) is 13.0 Å². The van der Waals surface area contributed by atoms with Crippen LogP contribution >= 0.6 is 11.6 Å². The summed E-state index contributed by atoms with van der Waals surface area (Å²) in [6.45, 7) is 1.02. The molecule has 2 rings (SSSR count). The van der Waals surface area contributed by atoms with Gasteiger partial charge in [0.15, 0.2) is 13.2 Å². The van der Waals surface area contributed by atoms with Crippen molar-refractivity contribution < 1.29 is 23.5 Å². The van der Waals surface area contributed by atoms with E-state index in [1.54, 1.807) is 31.2 Å². The van der Waals surface area contributed by atoms with Gasteiger partial charge < -0.3 is 14.8 Å². The van der Waals surface area contributed by atoms with Crippen LogP contribution in [0.4, 0.5) is 4.39 Å². The standard InChI is InChI=1S/C18H17ClFNO4/c1-12(13-2-4-14(19)5-3-13)21-17(22)10-25-18(23)11-24-16-8-6-15(20)7-9-16/h2-9,12H,10-11H2,1H3,(H,21,22). The normalized spacial score (nSPS) is 11.5. The van der Waals surface area contributed by atoms with E-state index in [0.29, 0.717) is 10.8 Å². The van der Waals surface area contributed by atoms with Crippen LogP contribution in [0.15, 0.2) is 48.5 Å². The van der Waals surface area contributed by atoms with Crippen molar-refractivity contribution in [2.75, 3.05) is 13.2 Å². The number of rotatable bonds is 7. The Bertz CT molecular complexity index is 719. The van der Waals surface area contributed by atoms with Gasteiger partial charge in [0.05, 0.1) is 6.04 Å². The fourth-order valence-corrected chi connectivity index (χ4v) is 2.10. The number of carbonyl (C=O) groups excluding carboxylic acids is 2. The van der Waals surface area contributed by atoms with E-state index < -0.39 is 24.3 Å². The minimum absolute atomic E-state index is 0.251. The average molecular weight is 366 g/mol. The first-order chi connectivity index (χ1) is 11.9. The molecule has 1 unspecified atom stereocenters. The van der Waals surface area contributed by atoms with Crippen LogP contribution in [0.3, 0.4) is 0 Å². The van der Waals surface area contributed by atoms with E-state index in [4.69, 9.17) is 21.1 Å². The number of amides is 1. The molecule has 0 aliphatic heterocycles. The Morgan fingerprint density at radius 2 is 1.72 bits per heavy atom. The van der Waals surface area contributed by atoms with E-state index in [9.17, 15) is 14.0 Å². The third-order valence-electron chi connectivity index (χ3n) is 3.28. The maximum Gasteiger partial charge on any atom is 0.344 e. The largest absolute Gasteiger partial charge is 0.482 e. The zero-order valence-electron chi connectivity index (χ0n) is 13.5. The van der Waals surface area contributed by atoms with Gasteiger partial charge in [0.2, 0.25) is 0 Å². The molecule has 2 aromatic carbocycles. The van der Waals surface area contributed by atoms with Crippen LogP contribution < -0.4 is 10.1 Å². The van der Waals surface area contributed by atoms with Gasteiger partial charge in [-0.3, -0.25) is 4.79 Å². The van der Waals surface area contributed by atoms with Crippen LogP contribution in [-0.2, 0) is 14.3 Å². The number of benzene rings is 2. The molecule has 0 aromatic heterocycles. The van der Waals surface area contributed by atoms with Gasteiger partial charge in [0.1, 0.15) is 11.6 Å². The van der Waals surface area contributed by atoms with Crippen LogP contribution in [0.1, 0.15) is 18.5 Å². The molecule has 0 fully saturated rings. The van der Waals surface area contributed by atoms with Crippen LogP contribution in [-0.4, -0.2) is 25.1 Å². The number of hydrogen-bond donors (Lipinski definition) is 1. The fourth-order valence-electron chi connectivity index (χ4n) is 1.98. The lowest BCUT2D eigenvalue weighted by Crippen LogP contribution is -2.31. The number of nitrogens with one attached hydrogen (secondary N) is 1. The Hall–Kier alpha value is -2.60. The van der Waals surface area contributed by atoms with Gasteiger partial charge in [-0.2, -0.15) is 0 Å². The van der Waals surface area contributed by atoms with E-state index in [1.807, 2.05) is 0 Å². The summed E-state index contributed by atoms with van der Waals surface area (Å²) in [5, 5.41) is 3.32. The van der Waals surface area contributed by atoms with E-state index >= 15 is 0 Å². The molecule has 2 aromatic rings. The van der Waals surface area contributed by atoms with Crippen LogP contribution in [0, 0.1) is 5.82 Å². The second-order valence-corrected chi connectivity index (χ2v) is 5.68. The summed E-state index contributed by atoms with van der Waals surface area (Å²) >= 11 is 5.81. The highest BCUT2D eigenvalue weighted by molar-refractivity contribution is 6.30. The maximum atomic E-state index is 12.7. The molecule has 0 saturated heterocycles. The van der Waals surface area contributed by atoms with Gasteiger partial charge in [0.25, 0.3) is 5.91 Å². The smallest absolute Gasteiger partial charge is 0.344 e. The second-order valence-electron chi connectivity index (χ2n) is 5.24. The third kappa shape index (κ3) is 6.43. The summed E-state index contributed by atoms with van der Waals surface area (Å²) in [7, 11) is 0. The molecule has 0 aliphatic rings.